The van der Waals surface area contributed by atoms with Gasteiger partial charge in [-0.1, -0.05) is 0 Å². The van der Waals surface area contributed by atoms with Gasteiger partial charge in [-0.05, 0) is 6.07 Å². The first-order valence-corrected chi connectivity index (χ1v) is 3.92. The Kier molecular flexibility index (Phi) is 3.08. The van der Waals surface area contributed by atoms with Crippen molar-refractivity contribution in [3.05, 3.63) is 23.3 Å². The summed E-state index contributed by atoms with van der Waals surface area (Å²) in [6, 6.07) is 0.677. The summed E-state index contributed by atoms with van der Waals surface area (Å²) in [7, 11) is 2.20. The van der Waals surface area contributed by atoms with Crippen LogP contribution in [0.15, 0.2) is 6.07 Å². The van der Waals surface area contributed by atoms with E-state index < -0.39 is 34.6 Å². The van der Waals surface area contributed by atoms with Gasteiger partial charge >= 0.3 is 5.97 Å². The number of ether oxygens (including phenoxy) is 2. The number of anilines is 1. The fourth-order valence-electron chi connectivity index (χ4n) is 1.09. The summed E-state index contributed by atoms with van der Waals surface area (Å²) in [5.74, 6) is -3.40. The number of halogens is 2. The fourth-order valence-corrected chi connectivity index (χ4v) is 1.09. The van der Waals surface area contributed by atoms with Crippen LogP contribution in [0.2, 0.25) is 0 Å². The van der Waals surface area contributed by atoms with Crippen molar-refractivity contribution in [1.82, 2.24) is 0 Å². The van der Waals surface area contributed by atoms with Crippen LogP contribution in [0.25, 0.3) is 0 Å². The van der Waals surface area contributed by atoms with Crippen LogP contribution >= 0.6 is 0 Å². The van der Waals surface area contributed by atoms with Crippen molar-refractivity contribution in [3.8, 4) is 5.75 Å². The Balaban J connectivity index is 3.40. The zero-order valence-electron chi connectivity index (χ0n) is 8.14. The predicted molar refractivity (Wildman–Crippen MR) is 48.7 cm³/mol. The van der Waals surface area contributed by atoms with E-state index in [1.807, 2.05) is 0 Å². The molecule has 1 aromatic rings. The number of nitrogens with two attached hydrogens (primary N) is 1. The molecule has 0 atom stereocenters. The van der Waals surface area contributed by atoms with Crippen LogP contribution < -0.4 is 10.5 Å². The van der Waals surface area contributed by atoms with Crippen LogP contribution in [0, 0.1) is 11.6 Å². The lowest BCUT2D eigenvalue weighted by Gasteiger charge is -2.09. The maximum Gasteiger partial charge on any atom is 0.341 e. The molecule has 6 heteroatoms. The SMILES string of the molecule is COC(=O)c1cc(F)c(OC)c(N)c1F. The van der Waals surface area contributed by atoms with E-state index in [1.165, 1.54) is 0 Å². The molecule has 0 unspecified atom stereocenters. The van der Waals surface area contributed by atoms with Gasteiger partial charge in [0.25, 0.3) is 0 Å². The van der Waals surface area contributed by atoms with Gasteiger partial charge in [-0.15, -0.1) is 0 Å². The summed E-state index contributed by atoms with van der Waals surface area (Å²) in [5, 5.41) is 0. The van der Waals surface area contributed by atoms with Gasteiger partial charge in [0.1, 0.15) is 11.3 Å². The third kappa shape index (κ3) is 1.83. The summed E-state index contributed by atoms with van der Waals surface area (Å²) in [4.78, 5) is 11.0. The highest BCUT2D eigenvalue weighted by Crippen LogP contribution is 2.30. The molecule has 0 aliphatic heterocycles. The Hall–Kier alpha value is -1.85. The molecule has 1 rings (SSSR count). The largest absolute Gasteiger partial charge is 0.491 e. The van der Waals surface area contributed by atoms with E-state index in [9.17, 15) is 13.6 Å². The number of carbonyl (C=O) groups is 1. The maximum absolute atomic E-state index is 13.4. The van der Waals surface area contributed by atoms with Crippen LogP contribution in [0.5, 0.6) is 5.75 Å². The smallest absolute Gasteiger partial charge is 0.341 e. The molecule has 1 aromatic carbocycles. The normalized spacial score (nSPS) is 9.87. The molecule has 0 amide bonds. The summed E-state index contributed by atoms with van der Waals surface area (Å²) >= 11 is 0. The number of rotatable bonds is 2. The van der Waals surface area contributed by atoms with E-state index >= 15 is 0 Å². The molecule has 0 spiro atoms. The van der Waals surface area contributed by atoms with Gasteiger partial charge in [0.05, 0.1) is 14.2 Å². The number of carbonyl (C=O) groups excluding carboxylic acids is 1. The quantitative estimate of drug-likeness (QED) is 0.599. The second kappa shape index (κ2) is 4.12. The number of nitrogen functional groups attached to an aromatic ring is 1. The standard InChI is InChI=1S/C9H9F2NO3/c1-14-8-5(10)3-4(9(13)15-2)6(11)7(8)12/h3H,12H2,1-2H3. The molecule has 82 valence electrons. The first-order valence-electron chi connectivity index (χ1n) is 3.92. The number of hydrogen-bond acceptors (Lipinski definition) is 4. The van der Waals surface area contributed by atoms with Gasteiger partial charge in [-0.2, -0.15) is 0 Å². The monoisotopic (exact) mass is 217 g/mol. The lowest BCUT2D eigenvalue weighted by Crippen LogP contribution is -2.09. The van der Waals surface area contributed by atoms with Gasteiger partial charge in [0.15, 0.2) is 17.4 Å². The number of esters is 1. The predicted octanol–water partition coefficient (Wildman–Crippen LogP) is 1.34. The molecule has 15 heavy (non-hydrogen) atoms. The third-order valence-corrected chi connectivity index (χ3v) is 1.81. The maximum atomic E-state index is 13.4. The van der Waals surface area contributed by atoms with Crippen LogP contribution in [0.3, 0.4) is 0 Å². The number of methoxy groups -OCH3 is 2. The van der Waals surface area contributed by atoms with Crippen molar-refractivity contribution in [2.75, 3.05) is 20.0 Å². The van der Waals surface area contributed by atoms with Crippen molar-refractivity contribution in [3.63, 3.8) is 0 Å². The first kappa shape index (κ1) is 11.2. The Morgan fingerprint density at radius 1 is 1.40 bits per heavy atom. The van der Waals surface area contributed by atoms with Crippen molar-refractivity contribution in [2.24, 2.45) is 0 Å². The van der Waals surface area contributed by atoms with Crippen LogP contribution in [0.1, 0.15) is 10.4 Å². The molecule has 0 aromatic heterocycles. The summed E-state index contributed by atoms with van der Waals surface area (Å²) in [5.41, 5.74) is 4.12. The molecular formula is C9H9F2NO3. The molecule has 4 nitrogen and oxygen atoms in total. The molecule has 0 aliphatic carbocycles. The van der Waals surface area contributed by atoms with Crippen LogP contribution in [-0.4, -0.2) is 20.2 Å². The molecule has 0 heterocycles. The van der Waals surface area contributed by atoms with E-state index in [0.717, 1.165) is 14.2 Å². The highest BCUT2D eigenvalue weighted by molar-refractivity contribution is 5.91. The molecule has 0 saturated heterocycles. The van der Waals surface area contributed by atoms with Gasteiger partial charge in [0, 0.05) is 0 Å². The topological polar surface area (TPSA) is 61.5 Å². The molecule has 0 bridgehead atoms. The van der Waals surface area contributed by atoms with E-state index in [4.69, 9.17) is 5.73 Å². The second-order valence-electron chi connectivity index (χ2n) is 2.66. The Bertz CT molecular complexity index is 407. The molecule has 0 saturated carbocycles. The molecular weight excluding hydrogens is 208 g/mol. The average molecular weight is 217 g/mol. The van der Waals surface area contributed by atoms with Crippen molar-refractivity contribution in [2.45, 2.75) is 0 Å². The van der Waals surface area contributed by atoms with Crippen molar-refractivity contribution in [1.29, 1.82) is 0 Å². The van der Waals surface area contributed by atoms with Crippen LogP contribution in [0.4, 0.5) is 14.5 Å². The lowest BCUT2D eigenvalue weighted by molar-refractivity contribution is 0.0595. The minimum Gasteiger partial charge on any atom is -0.491 e. The number of hydrogen-bond donors (Lipinski definition) is 1. The first-order chi connectivity index (χ1) is 7.02. The summed E-state index contributed by atoms with van der Waals surface area (Å²) < 4.78 is 35.4. The number of benzene rings is 1. The van der Waals surface area contributed by atoms with Crippen LogP contribution in [-0.2, 0) is 4.74 Å². The Labute approximate surface area is 84.6 Å². The second-order valence-corrected chi connectivity index (χ2v) is 2.66. The molecule has 0 radical (unpaired) electrons. The zero-order valence-corrected chi connectivity index (χ0v) is 8.14. The fraction of sp³-hybridized carbons (Fsp3) is 0.222. The summed E-state index contributed by atoms with van der Waals surface area (Å²) in [6.07, 6.45) is 0. The minimum absolute atomic E-state index is 0.430. The Morgan fingerprint density at radius 2 is 2.00 bits per heavy atom. The average Bonchev–Trinajstić information content (AvgIpc) is 2.23. The Morgan fingerprint density at radius 3 is 2.47 bits per heavy atom. The van der Waals surface area contributed by atoms with Crippen molar-refractivity contribution >= 4 is 11.7 Å². The van der Waals surface area contributed by atoms with Gasteiger partial charge in [-0.25, -0.2) is 13.6 Å². The van der Waals surface area contributed by atoms with E-state index in [-0.39, 0.29) is 0 Å². The molecule has 2 N–H and O–H groups in total. The zero-order chi connectivity index (χ0) is 11.6. The van der Waals surface area contributed by atoms with Gasteiger partial charge < -0.3 is 15.2 Å². The van der Waals surface area contributed by atoms with Crippen molar-refractivity contribution < 1.29 is 23.0 Å². The van der Waals surface area contributed by atoms with E-state index in [1.54, 1.807) is 0 Å². The third-order valence-electron chi connectivity index (χ3n) is 1.81. The molecule has 0 fully saturated rings. The highest BCUT2D eigenvalue weighted by Gasteiger charge is 2.21. The minimum atomic E-state index is -1.06. The highest BCUT2D eigenvalue weighted by atomic mass is 19.1. The van der Waals surface area contributed by atoms with Gasteiger partial charge in [0.2, 0.25) is 0 Å². The van der Waals surface area contributed by atoms with E-state index in [2.05, 4.69) is 9.47 Å². The van der Waals surface area contributed by atoms with E-state index in [0.29, 0.717) is 6.07 Å². The molecule has 0 aliphatic rings. The van der Waals surface area contributed by atoms with Gasteiger partial charge in [-0.3, -0.25) is 0 Å². The summed E-state index contributed by atoms with van der Waals surface area (Å²) in [6.45, 7) is 0. The lowest BCUT2D eigenvalue weighted by atomic mass is 10.1.